The fourth-order valence-electron chi connectivity index (χ4n) is 3.17. The smallest absolute Gasteiger partial charge is 0.0443 e. The lowest BCUT2D eigenvalue weighted by atomic mass is 9.96. The summed E-state index contributed by atoms with van der Waals surface area (Å²) < 4.78 is 0. The topological polar surface area (TPSA) is 12.0 Å². The second-order valence-corrected chi connectivity index (χ2v) is 7.68. The highest BCUT2D eigenvalue weighted by Gasteiger charge is 2.29. The Kier molecular flexibility index (Phi) is 6.44. The second kappa shape index (κ2) is 8.09. The Balaban J connectivity index is 2.13. The van der Waals surface area contributed by atoms with E-state index < -0.39 is 0 Å². The molecule has 20 heavy (non-hydrogen) atoms. The molecule has 0 radical (unpaired) electrons. The molecule has 0 spiro atoms. The van der Waals surface area contributed by atoms with Crippen LogP contribution >= 0.6 is 11.8 Å². The largest absolute Gasteiger partial charge is 0.309 e. The van der Waals surface area contributed by atoms with Gasteiger partial charge in [0.15, 0.2) is 0 Å². The molecule has 0 amide bonds. The standard InChI is InChI=1S/C18H29NS/c1-4-19-17(15-10-6-5-7-11-15)18(14(2)3)20-16-12-8-9-13-16/h5-7,10-11,14,16-19H,4,8-9,12-13H2,1-3H3. The molecule has 1 aliphatic rings. The summed E-state index contributed by atoms with van der Waals surface area (Å²) in [6.45, 7) is 8.00. The molecule has 0 aromatic heterocycles. The van der Waals surface area contributed by atoms with Gasteiger partial charge in [0, 0.05) is 16.5 Å². The van der Waals surface area contributed by atoms with E-state index in [1.54, 1.807) is 0 Å². The molecule has 1 aromatic rings. The molecule has 0 saturated heterocycles. The van der Waals surface area contributed by atoms with Crippen LogP contribution < -0.4 is 5.32 Å². The molecule has 1 aromatic carbocycles. The molecule has 2 heteroatoms. The van der Waals surface area contributed by atoms with Gasteiger partial charge in [-0.15, -0.1) is 0 Å². The van der Waals surface area contributed by atoms with Crippen LogP contribution in [0.25, 0.3) is 0 Å². The minimum atomic E-state index is 0.479. The van der Waals surface area contributed by atoms with E-state index in [0.29, 0.717) is 17.2 Å². The van der Waals surface area contributed by atoms with Crippen LogP contribution in [0.2, 0.25) is 0 Å². The van der Waals surface area contributed by atoms with Crippen molar-refractivity contribution in [1.29, 1.82) is 0 Å². The van der Waals surface area contributed by atoms with E-state index >= 15 is 0 Å². The zero-order valence-corrected chi connectivity index (χ0v) is 14.0. The summed E-state index contributed by atoms with van der Waals surface area (Å²) in [4.78, 5) is 0. The quantitative estimate of drug-likeness (QED) is 0.755. The van der Waals surface area contributed by atoms with Crippen molar-refractivity contribution in [2.24, 2.45) is 5.92 Å². The molecule has 2 rings (SSSR count). The highest BCUT2D eigenvalue weighted by molar-refractivity contribution is 8.00. The van der Waals surface area contributed by atoms with E-state index in [1.165, 1.54) is 31.2 Å². The molecular weight excluding hydrogens is 262 g/mol. The highest BCUT2D eigenvalue weighted by Crippen LogP contribution is 2.40. The Labute approximate surface area is 128 Å². The molecular formula is C18H29NS. The Morgan fingerprint density at radius 3 is 2.35 bits per heavy atom. The molecule has 0 bridgehead atoms. The molecule has 0 aliphatic heterocycles. The van der Waals surface area contributed by atoms with Gasteiger partial charge in [0.1, 0.15) is 0 Å². The van der Waals surface area contributed by atoms with Gasteiger partial charge >= 0.3 is 0 Å². The Morgan fingerprint density at radius 1 is 1.15 bits per heavy atom. The number of rotatable bonds is 7. The number of benzene rings is 1. The van der Waals surface area contributed by atoms with Crippen molar-refractivity contribution in [2.75, 3.05) is 6.54 Å². The van der Waals surface area contributed by atoms with Crippen LogP contribution in [0.15, 0.2) is 30.3 Å². The van der Waals surface area contributed by atoms with Crippen LogP contribution in [0.5, 0.6) is 0 Å². The van der Waals surface area contributed by atoms with Crippen LogP contribution in [0.4, 0.5) is 0 Å². The third-order valence-corrected chi connectivity index (χ3v) is 6.21. The summed E-state index contributed by atoms with van der Waals surface area (Å²) in [5, 5.41) is 5.28. The SMILES string of the molecule is CCNC(c1ccccc1)C(SC1CCCC1)C(C)C. The maximum atomic E-state index is 3.73. The first-order valence-electron chi connectivity index (χ1n) is 8.16. The van der Waals surface area contributed by atoms with Crippen LogP contribution in [0, 0.1) is 5.92 Å². The van der Waals surface area contributed by atoms with Gasteiger partial charge < -0.3 is 5.32 Å². The molecule has 2 unspecified atom stereocenters. The lowest BCUT2D eigenvalue weighted by Gasteiger charge is -2.33. The van der Waals surface area contributed by atoms with E-state index in [-0.39, 0.29) is 0 Å². The van der Waals surface area contributed by atoms with E-state index in [9.17, 15) is 0 Å². The van der Waals surface area contributed by atoms with Crippen molar-refractivity contribution in [3.8, 4) is 0 Å². The summed E-state index contributed by atoms with van der Waals surface area (Å²) in [7, 11) is 0. The maximum absolute atomic E-state index is 3.73. The van der Waals surface area contributed by atoms with E-state index in [1.807, 2.05) is 0 Å². The average molecular weight is 292 g/mol. The molecule has 0 heterocycles. The predicted molar refractivity (Wildman–Crippen MR) is 91.3 cm³/mol. The molecule has 2 atom stereocenters. The van der Waals surface area contributed by atoms with E-state index in [2.05, 4.69) is 68.2 Å². The zero-order valence-electron chi connectivity index (χ0n) is 13.1. The summed E-state index contributed by atoms with van der Waals surface area (Å²) in [5.74, 6) is 0.699. The average Bonchev–Trinajstić information content (AvgIpc) is 2.96. The molecule has 1 saturated carbocycles. The van der Waals surface area contributed by atoms with E-state index in [0.717, 1.165) is 11.8 Å². The number of nitrogens with one attached hydrogen (secondary N) is 1. The van der Waals surface area contributed by atoms with Gasteiger partial charge in [-0.2, -0.15) is 11.8 Å². The maximum Gasteiger partial charge on any atom is 0.0443 e. The fourth-order valence-corrected chi connectivity index (χ4v) is 4.95. The van der Waals surface area contributed by atoms with Crippen LogP contribution in [0.1, 0.15) is 58.1 Å². The Bertz CT molecular complexity index is 370. The van der Waals surface area contributed by atoms with Gasteiger partial charge in [0.25, 0.3) is 0 Å². The van der Waals surface area contributed by atoms with Crippen molar-refractivity contribution in [3.63, 3.8) is 0 Å². The number of hydrogen-bond donors (Lipinski definition) is 1. The first-order valence-corrected chi connectivity index (χ1v) is 9.10. The molecule has 1 fully saturated rings. The Morgan fingerprint density at radius 2 is 1.80 bits per heavy atom. The lowest BCUT2D eigenvalue weighted by Crippen LogP contribution is -2.34. The summed E-state index contributed by atoms with van der Waals surface area (Å²) in [6.07, 6.45) is 5.70. The van der Waals surface area contributed by atoms with Gasteiger partial charge in [-0.05, 0) is 30.9 Å². The second-order valence-electron chi connectivity index (χ2n) is 6.20. The molecule has 1 N–H and O–H groups in total. The summed E-state index contributed by atoms with van der Waals surface area (Å²) >= 11 is 2.24. The van der Waals surface area contributed by atoms with Gasteiger partial charge in [0.05, 0.1) is 0 Å². The van der Waals surface area contributed by atoms with Crippen molar-refractivity contribution in [2.45, 2.75) is 63.0 Å². The van der Waals surface area contributed by atoms with Gasteiger partial charge in [-0.1, -0.05) is 63.9 Å². The molecule has 112 valence electrons. The molecule has 1 aliphatic carbocycles. The van der Waals surface area contributed by atoms with Crippen molar-refractivity contribution in [3.05, 3.63) is 35.9 Å². The van der Waals surface area contributed by atoms with Crippen molar-refractivity contribution < 1.29 is 0 Å². The summed E-state index contributed by atoms with van der Waals surface area (Å²) in [6, 6.07) is 11.5. The number of hydrogen-bond acceptors (Lipinski definition) is 2. The first kappa shape index (κ1) is 15.9. The minimum Gasteiger partial charge on any atom is -0.309 e. The third-order valence-electron chi connectivity index (χ3n) is 4.22. The highest BCUT2D eigenvalue weighted by atomic mass is 32.2. The van der Waals surface area contributed by atoms with Crippen LogP contribution in [-0.2, 0) is 0 Å². The zero-order chi connectivity index (χ0) is 14.4. The van der Waals surface area contributed by atoms with Gasteiger partial charge in [-0.25, -0.2) is 0 Å². The lowest BCUT2D eigenvalue weighted by molar-refractivity contribution is 0.452. The fraction of sp³-hybridized carbons (Fsp3) is 0.667. The number of thioether (sulfide) groups is 1. The van der Waals surface area contributed by atoms with Gasteiger partial charge in [-0.3, -0.25) is 0 Å². The summed E-state index contributed by atoms with van der Waals surface area (Å²) in [5.41, 5.74) is 1.44. The van der Waals surface area contributed by atoms with E-state index in [4.69, 9.17) is 0 Å². The van der Waals surface area contributed by atoms with Crippen LogP contribution in [0.3, 0.4) is 0 Å². The Hall–Kier alpha value is -0.470. The monoisotopic (exact) mass is 291 g/mol. The van der Waals surface area contributed by atoms with Gasteiger partial charge in [0.2, 0.25) is 0 Å². The van der Waals surface area contributed by atoms with Crippen molar-refractivity contribution >= 4 is 11.8 Å². The normalized spacial score (nSPS) is 19.4. The van der Waals surface area contributed by atoms with Crippen LogP contribution in [-0.4, -0.2) is 17.0 Å². The molecule has 1 nitrogen and oxygen atoms in total. The first-order chi connectivity index (χ1) is 9.72. The van der Waals surface area contributed by atoms with Crippen molar-refractivity contribution in [1.82, 2.24) is 5.32 Å². The minimum absolute atomic E-state index is 0.479. The third kappa shape index (κ3) is 4.26. The predicted octanol–water partition coefficient (Wildman–Crippen LogP) is 5.04.